The predicted molar refractivity (Wildman–Crippen MR) is 106 cm³/mol. The van der Waals surface area contributed by atoms with Crippen LogP contribution in [0.3, 0.4) is 0 Å². The highest BCUT2D eigenvalue weighted by Gasteiger charge is 2.29. The maximum absolute atomic E-state index is 12.7. The number of amides is 2. The van der Waals surface area contributed by atoms with Gasteiger partial charge in [-0.05, 0) is 49.2 Å². The van der Waals surface area contributed by atoms with Crippen LogP contribution in [-0.2, 0) is 9.59 Å². The van der Waals surface area contributed by atoms with E-state index in [1.54, 1.807) is 0 Å². The topological polar surface area (TPSA) is 61.9 Å². The summed E-state index contributed by atoms with van der Waals surface area (Å²) in [6.45, 7) is 3.20. The Labute approximate surface area is 158 Å². The highest BCUT2D eigenvalue weighted by atomic mass is 16.5. The van der Waals surface area contributed by atoms with Gasteiger partial charge in [-0.1, -0.05) is 12.1 Å². The van der Waals surface area contributed by atoms with Crippen LogP contribution in [-0.4, -0.2) is 38.1 Å². The van der Waals surface area contributed by atoms with E-state index in [1.807, 2.05) is 66.2 Å². The molecule has 2 amide bonds. The number of para-hydroxylation sites is 2. The molecule has 1 saturated heterocycles. The summed E-state index contributed by atoms with van der Waals surface area (Å²) in [6.07, 6.45) is 0.918. The highest BCUT2D eigenvalue weighted by Crippen LogP contribution is 2.32. The van der Waals surface area contributed by atoms with Gasteiger partial charge in [0.15, 0.2) is 6.10 Å². The number of carbonyl (C=O) groups excluding carboxylic acids is 2. The molecule has 0 bridgehead atoms. The Balaban J connectivity index is 1.47. The third-order valence-electron chi connectivity index (χ3n) is 5.11. The number of rotatable bonds is 3. The highest BCUT2D eigenvalue weighted by molar-refractivity contribution is 5.98. The van der Waals surface area contributed by atoms with E-state index in [2.05, 4.69) is 5.32 Å². The Kier molecular flexibility index (Phi) is 4.48. The molecule has 1 atom stereocenters. The van der Waals surface area contributed by atoms with Crippen LogP contribution < -0.4 is 19.9 Å². The van der Waals surface area contributed by atoms with E-state index in [0.29, 0.717) is 24.4 Å². The van der Waals surface area contributed by atoms with Crippen molar-refractivity contribution in [2.45, 2.75) is 25.9 Å². The molecule has 2 heterocycles. The molecule has 140 valence electrons. The van der Waals surface area contributed by atoms with Gasteiger partial charge in [0.05, 0.1) is 12.2 Å². The van der Waals surface area contributed by atoms with Crippen molar-refractivity contribution >= 4 is 28.9 Å². The van der Waals surface area contributed by atoms with Gasteiger partial charge in [-0.3, -0.25) is 9.59 Å². The monoisotopic (exact) mass is 365 g/mol. The molecule has 6 heteroatoms. The summed E-state index contributed by atoms with van der Waals surface area (Å²) >= 11 is 0. The van der Waals surface area contributed by atoms with Crippen LogP contribution >= 0.6 is 0 Å². The summed E-state index contributed by atoms with van der Waals surface area (Å²) in [4.78, 5) is 28.5. The maximum atomic E-state index is 12.7. The van der Waals surface area contributed by atoms with E-state index >= 15 is 0 Å². The normalized spacial score (nSPS) is 18.9. The van der Waals surface area contributed by atoms with Crippen LogP contribution in [0.2, 0.25) is 0 Å². The third kappa shape index (κ3) is 3.35. The van der Waals surface area contributed by atoms with E-state index in [0.717, 1.165) is 29.9 Å². The first kappa shape index (κ1) is 17.4. The van der Waals surface area contributed by atoms with Crippen LogP contribution in [0.25, 0.3) is 0 Å². The van der Waals surface area contributed by atoms with Crippen molar-refractivity contribution < 1.29 is 14.3 Å². The van der Waals surface area contributed by atoms with Crippen molar-refractivity contribution in [3.63, 3.8) is 0 Å². The van der Waals surface area contributed by atoms with Gasteiger partial charge in [-0.2, -0.15) is 0 Å². The van der Waals surface area contributed by atoms with Gasteiger partial charge >= 0.3 is 0 Å². The van der Waals surface area contributed by atoms with Crippen molar-refractivity contribution in [1.82, 2.24) is 0 Å². The van der Waals surface area contributed by atoms with Crippen LogP contribution in [0.1, 0.15) is 18.4 Å². The number of anilines is 3. The summed E-state index contributed by atoms with van der Waals surface area (Å²) in [5.41, 5.74) is 3.57. The lowest BCUT2D eigenvalue weighted by molar-refractivity contribution is -0.122. The molecule has 6 nitrogen and oxygen atoms in total. The Morgan fingerprint density at radius 1 is 1.19 bits per heavy atom. The van der Waals surface area contributed by atoms with Crippen molar-refractivity contribution in [2.24, 2.45) is 0 Å². The molecular formula is C21H23N3O3. The molecule has 2 aliphatic rings. The summed E-state index contributed by atoms with van der Waals surface area (Å²) in [7, 11) is 1.95. The summed E-state index contributed by atoms with van der Waals surface area (Å²) in [5, 5.41) is 2.94. The fourth-order valence-electron chi connectivity index (χ4n) is 3.71. The standard InChI is InChI=1S/C21H23N3O3/c1-14-12-15(9-10-16(14)24-11-5-8-20(24)25)22-21(26)19-13-23(2)17-6-3-4-7-18(17)27-19/h3-4,6-7,9-10,12,19H,5,8,11,13H2,1-2H3,(H,22,26). The Bertz CT molecular complexity index is 896. The van der Waals surface area contributed by atoms with Gasteiger partial charge in [0.2, 0.25) is 5.91 Å². The first-order valence-electron chi connectivity index (χ1n) is 9.21. The second-order valence-electron chi connectivity index (χ2n) is 7.09. The minimum atomic E-state index is -0.579. The van der Waals surface area contributed by atoms with Crippen LogP contribution in [0, 0.1) is 6.92 Å². The Morgan fingerprint density at radius 3 is 2.74 bits per heavy atom. The predicted octanol–water partition coefficient (Wildman–Crippen LogP) is 2.96. The molecule has 1 N–H and O–H groups in total. The number of likely N-dealkylation sites (N-methyl/N-ethyl adjacent to an activating group) is 1. The molecule has 2 aliphatic heterocycles. The zero-order valence-corrected chi connectivity index (χ0v) is 15.6. The van der Waals surface area contributed by atoms with Gasteiger partial charge in [-0.15, -0.1) is 0 Å². The number of aryl methyl sites for hydroxylation is 1. The SMILES string of the molecule is Cc1cc(NC(=O)C2CN(C)c3ccccc3O2)ccc1N1CCCC1=O. The first-order chi connectivity index (χ1) is 13.0. The second kappa shape index (κ2) is 6.95. The number of hydrogen-bond acceptors (Lipinski definition) is 4. The average Bonchev–Trinajstić information content (AvgIpc) is 3.07. The van der Waals surface area contributed by atoms with Crippen molar-refractivity contribution in [1.29, 1.82) is 0 Å². The van der Waals surface area contributed by atoms with Crippen molar-refractivity contribution in [3.8, 4) is 5.75 Å². The van der Waals surface area contributed by atoms with Gasteiger partial charge in [0.1, 0.15) is 5.75 Å². The lowest BCUT2D eigenvalue weighted by Gasteiger charge is -2.33. The molecule has 0 spiro atoms. The van der Waals surface area contributed by atoms with E-state index in [4.69, 9.17) is 4.74 Å². The van der Waals surface area contributed by atoms with Gasteiger partial charge in [0, 0.05) is 31.4 Å². The van der Waals surface area contributed by atoms with Crippen LogP contribution in [0.5, 0.6) is 5.75 Å². The molecule has 1 fully saturated rings. The molecule has 0 aliphatic carbocycles. The lowest BCUT2D eigenvalue weighted by atomic mass is 10.1. The minimum Gasteiger partial charge on any atom is -0.477 e. The number of nitrogens with one attached hydrogen (secondary N) is 1. The summed E-state index contributed by atoms with van der Waals surface area (Å²) in [5.74, 6) is 0.693. The van der Waals surface area contributed by atoms with E-state index in [1.165, 1.54) is 0 Å². The van der Waals surface area contributed by atoms with Gasteiger partial charge in [0.25, 0.3) is 5.91 Å². The largest absolute Gasteiger partial charge is 0.477 e. The second-order valence-corrected chi connectivity index (χ2v) is 7.09. The number of ether oxygens (including phenoxy) is 1. The fourth-order valence-corrected chi connectivity index (χ4v) is 3.71. The number of carbonyl (C=O) groups is 2. The molecule has 2 aromatic rings. The summed E-state index contributed by atoms with van der Waals surface area (Å²) in [6, 6.07) is 13.3. The Morgan fingerprint density at radius 2 is 2.00 bits per heavy atom. The van der Waals surface area contributed by atoms with Crippen molar-refractivity contribution in [3.05, 3.63) is 48.0 Å². The quantitative estimate of drug-likeness (QED) is 0.908. The molecule has 4 rings (SSSR count). The number of hydrogen-bond donors (Lipinski definition) is 1. The van der Waals surface area contributed by atoms with Gasteiger partial charge < -0.3 is 19.9 Å². The lowest BCUT2D eigenvalue weighted by Crippen LogP contribution is -2.45. The third-order valence-corrected chi connectivity index (χ3v) is 5.11. The zero-order valence-electron chi connectivity index (χ0n) is 15.6. The maximum Gasteiger partial charge on any atom is 0.267 e. The number of fused-ring (bicyclic) bond motifs is 1. The zero-order chi connectivity index (χ0) is 19.0. The molecule has 0 aromatic heterocycles. The molecule has 1 unspecified atom stereocenters. The molecular weight excluding hydrogens is 342 g/mol. The summed E-state index contributed by atoms with van der Waals surface area (Å²) < 4.78 is 5.88. The molecule has 27 heavy (non-hydrogen) atoms. The number of benzene rings is 2. The minimum absolute atomic E-state index is 0.159. The van der Waals surface area contributed by atoms with E-state index in [9.17, 15) is 9.59 Å². The van der Waals surface area contributed by atoms with Crippen molar-refractivity contribution in [2.75, 3.05) is 35.3 Å². The van der Waals surface area contributed by atoms with E-state index in [-0.39, 0.29) is 11.8 Å². The molecule has 2 aromatic carbocycles. The number of nitrogens with zero attached hydrogens (tertiary/aromatic N) is 2. The fraction of sp³-hybridized carbons (Fsp3) is 0.333. The van der Waals surface area contributed by atoms with Crippen LogP contribution in [0.15, 0.2) is 42.5 Å². The Hall–Kier alpha value is -3.02. The smallest absolute Gasteiger partial charge is 0.267 e. The van der Waals surface area contributed by atoms with E-state index < -0.39 is 6.10 Å². The van der Waals surface area contributed by atoms with Crippen LogP contribution in [0.4, 0.5) is 17.1 Å². The first-order valence-corrected chi connectivity index (χ1v) is 9.21. The van der Waals surface area contributed by atoms with Gasteiger partial charge in [-0.25, -0.2) is 0 Å². The average molecular weight is 365 g/mol. The molecule has 0 saturated carbocycles. The molecule has 0 radical (unpaired) electrons.